The molecule has 0 bridgehead atoms. The second kappa shape index (κ2) is 7.14. The third kappa shape index (κ3) is 3.86. The number of hydrogen-bond acceptors (Lipinski definition) is 6. The highest BCUT2D eigenvalue weighted by molar-refractivity contribution is 7.89. The third-order valence-corrected chi connectivity index (χ3v) is 6.49. The van der Waals surface area contributed by atoms with Crippen molar-refractivity contribution in [1.82, 2.24) is 14.9 Å². The van der Waals surface area contributed by atoms with Crippen LogP contribution >= 0.6 is 11.3 Å². The Balaban J connectivity index is 1.80. The average Bonchev–Trinajstić information content (AvgIpc) is 2.93. The van der Waals surface area contributed by atoms with Crippen molar-refractivity contribution in [2.75, 3.05) is 11.9 Å². The van der Waals surface area contributed by atoms with Gasteiger partial charge in [-0.05, 0) is 31.0 Å². The van der Waals surface area contributed by atoms with E-state index >= 15 is 0 Å². The zero-order valence-electron chi connectivity index (χ0n) is 13.5. The van der Waals surface area contributed by atoms with Crippen molar-refractivity contribution in [2.45, 2.75) is 37.0 Å². The number of nitrogens with one attached hydrogen (secondary N) is 2. The molecule has 2 N–H and O–H groups in total. The highest BCUT2D eigenvalue weighted by atomic mass is 32.2. The molecule has 1 amide bonds. The molecule has 2 aromatic rings. The minimum Gasteiger partial charge on any atom is -0.296 e. The van der Waals surface area contributed by atoms with Crippen LogP contribution in [0.2, 0.25) is 0 Å². The maximum atomic E-state index is 14.0. The van der Waals surface area contributed by atoms with Crippen molar-refractivity contribution >= 4 is 32.4 Å². The molecule has 1 aliphatic rings. The molecule has 7 nitrogen and oxygen atoms in total. The van der Waals surface area contributed by atoms with Crippen molar-refractivity contribution in [2.24, 2.45) is 0 Å². The first kappa shape index (κ1) is 17.9. The van der Waals surface area contributed by atoms with E-state index in [0.717, 1.165) is 42.5 Å². The molecule has 1 saturated carbocycles. The van der Waals surface area contributed by atoms with E-state index in [-0.39, 0.29) is 22.1 Å². The van der Waals surface area contributed by atoms with Crippen LogP contribution in [-0.2, 0) is 10.0 Å². The van der Waals surface area contributed by atoms with E-state index in [1.165, 1.54) is 11.3 Å². The molecule has 1 fully saturated rings. The summed E-state index contributed by atoms with van der Waals surface area (Å²) in [6.45, 7) is 1.82. The smallest absolute Gasteiger partial charge is 0.260 e. The van der Waals surface area contributed by atoms with Gasteiger partial charge in [-0.1, -0.05) is 24.7 Å². The summed E-state index contributed by atoms with van der Waals surface area (Å²) in [4.78, 5) is 12.1. The average molecular weight is 384 g/mol. The number of anilines is 1. The van der Waals surface area contributed by atoms with Crippen LogP contribution in [0.1, 0.15) is 47.5 Å². The zero-order valence-corrected chi connectivity index (χ0v) is 15.1. The molecule has 0 saturated heterocycles. The first-order valence-corrected chi connectivity index (χ1v) is 10.1. The van der Waals surface area contributed by atoms with E-state index in [1.54, 1.807) is 6.92 Å². The summed E-state index contributed by atoms with van der Waals surface area (Å²) in [6.07, 6.45) is 3.27. The second-order valence-corrected chi connectivity index (χ2v) is 8.45. The van der Waals surface area contributed by atoms with E-state index in [4.69, 9.17) is 0 Å². The quantitative estimate of drug-likeness (QED) is 0.797. The van der Waals surface area contributed by atoms with Gasteiger partial charge in [-0.25, -0.2) is 17.5 Å². The number of halogens is 1. The van der Waals surface area contributed by atoms with Crippen molar-refractivity contribution in [3.05, 3.63) is 34.6 Å². The molecule has 0 radical (unpaired) electrons. The fourth-order valence-corrected chi connectivity index (χ4v) is 4.36. The minimum atomic E-state index is -3.78. The summed E-state index contributed by atoms with van der Waals surface area (Å²) in [7, 11) is -3.78. The molecule has 3 rings (SSSR count). The number of carbonyl (C=O) groups excluding carboxylic acids is 1. The topological polar surface area (TPSA) is 101 Å². The third-order valence-electron chi connectivity index (χ3n) is 3.94. The number of nitrogens with zero attached hydrogens (tertiary/aromatic N) is 2. The molecule has 1 heterocycles. The molecule has 0 atom stereocenters. The molecular weight excluding hydrogens is 367 g/mol. The van der Waals surface area contributed by atoms with Gasteiger partial charge in [0.1, 0.15) is 10.8 Å². The Morgan fingerprint density at radius 2 is 2.12 bits per heavy atom. The van der Waals surface area contributed by atoms with Crippen LogP contribution < -0.4 is 10.0 Å². The lowest BCUT2D eigenvalue weighted by atomic mass is 9.86. The highest BCUT2D eigenvalue weighted by Gasteiger charge is 2.24. The van der Waals surface area contributed by atoms with Gasteiger partial charge in [-0.2, -0.15) is 0 Å². The second-order valence-electron chi connectivity index (χ2n) is 5.67. The Morgan fingerprint density at radius 3 is 2.76 bits per heavy atom. The Labute approximate surface area is 148 Å². The maximum absolute atomic E-state index is 14.0. The van der Waals surface area contributed by atoms with Crippen molar-refractivity contribution in [3.8, 4) is 0 Å². The van der Waals surface area contributed by atoms with Gasteiger partial charge in [0.05, 0.1) is 10.5 Å². The summed E-state index contributed by atoms with van der Waals surface area (Å²) >= 11 is 1.26. The normalized spacial score (nSPS) is 15.0. The molecule has 1 aliphatic carbocycles. The Morgan fingerprint density at radius 1 is 1.36 bits per heavy atom. The zero-order chi connectivity index (χ0) is 18.0. The summed E-state index contributed by atoms with van der Waals surface area (Å²) in [6, 6.07) is 3.08. The molecule has 134 valence electrons. The van der Waals surface area contributed by atoms with E-state index in [1.807, 2.05) is 0 Å². The maximum Gasteiger partial charge on any atom is 0.260 e. The fraction of sp³-hybridized carbons (Fsp3) is 0.400. The van der Waals surface area contributed by atoms with Gasteiger partial charge in [-0.3, -0.25) is 10.1 Å². The van der Waals surface area contributed by atoms with Crippen LogP contribution in [0.5, 0.6) is 0 Å². The van der Waals surface area contributed by atoms with Crippen molar-refractivity contribution in [3.63, 3.8) is 0 Å². The van der Waals surface area contributed by atoms with E-state index < -0.39 is 21.7 Å². The fourth-order valence-electron chi connectivity index (χ4n) is 2.39. The molecule has 1 aromatic carbocycles. The molecule has 10 heteroatoms. The lowest BCUT2D eigenvalue weighted by Gasteiger charge is -2.21. The summed E-state index contributed by atoms with van der Waals surface area (Å²) in [5.74, 6) is -1.19. The first-order chi connectivity index (χ1) is 11.9. The van der Waals surface area contributed by atoms with Crippen LogP contribution in [0.15, 0.2) is 23.1 Å². The highest BCUT2D eigenvalue weighted by Crippen LogP contribution is 2.38. The lowest BCUT2D eigenvalue weighted by Crippen LogP contribution is -2.24. The van der Waals surface area contributed by atoms with E-state index in [0.29, 0.717) is 5.92 Å². The van der Waals surface area contributed by atoms with Gasteiger partial charge in [0, 0.05) is 12.5 Å². The number of amides is 1. The van der Waals surface area contributed by atoms with Gasteiger partial charge >= 0.3 is 0 Å². The largest absolute Gasteiger partial charge is 0.296 e. The molecule has 0 aliphatic heterocycles. The monoisotopic (exact) mass is 384 g/mol. The van der Waals surface area contributed by atoms with Crippen LogP contribution in [0.4, 0.5) is 9.52 Å². The van der Waals surface area contributed by atoms with Crippen LogP contribution in [-0.4, -0.2) is 31.1 Å². The van der Waals surface area contributed by atoms with Gasteiger partial charge in [-0.15, -0.1) is 10.2 Å². The van der Waals surface area contributed by atoms with Crippen molar-refractivity contribution < 1.29 is 17.6 Å². The summed E-state index contributed by atoms with van der Waals surface area (Å²) < 4.78 is 40.3. The van der Waals surface area contributed by atoms with Crippen LogP contribution in [0.3, 0.4) is 0 Å². The molecular formula is C15H17FN4O3S2. The van der Waals surface area contributed by atoms with E-state index in [2.05, 4.69) is 20.2 Å². The minimum absolute atomic E-state index is 0.173. The SMILES string of the molecule is CCNS(=O)(=O)c1ccc(F)c(C(=O)Nc2nnc(C3CCC3)s2)c1. The van der Waals surface area contributed by atoms with Gasteiger partial charge in [0.25, 0.3) is 5.91 Å². The van der Waals surface area contributed by atoms with Crippen molar-refractivity contribution in [1.29, 1.82) is 0 Å². The Hall–Kier alpha value is -1.91. The number of hydrogen-bond donors (Lipinski definition) is 2. The van der Waals surface area contributed by atoms with Crippen LogP contribution in [0, 0.1) is 5.82 Å². The van der Waals surface area contributed by atoms with Gasteiger partial charge in [0.15, 0.2) is 0 Å². The first-order valence-electron chi connectivity index (χ1n) is 7.84. The molecule has 25 heavy (non-hydrogen) atoms. The predicted octanol–water partition coefficient (Wildman–Crippen LogP) is 2.50. The number of sulfonamides is 1. The molecule has 0 spiro atoms. The number of carbonyl (C=O) groups is 1. The van der Waals surface area contributed by atoms with E-state index in [9.17, 15) is 17.6 Å². The lowest BCUT2D eigenvalue weighted by molar-refractivity contribution is 0.102. The van der Waals surface area contributed by atoms with Gasteiger partial charge in [0.2, 0.25) is 15.2 Å². The van der Waals surface area contributed by atoms with Gasteiger partial charge < -0.3 is 0 Å². The number of rotatable bonds is 6. The predicted molar refractivity (Wildman–Crippen MR) is 91.7 cm³/mol. The Bertz CT molecular complexity index is 894. The number of benzene rings is 1. The molecule has 0 unspecified atom stereocenters. The standard InChI is InChI=1S/C15H17FN4O3S2/c1-2-17-25(22,23)10-6-7-12(16)11(8-10)13(21)18-15-20-19-14(24-15)9-4-3-5-9/h6-9,17H,2-5H2,1H3,(H,18,20,21). The summed E-state index contributed by atoms with van der Waals surface area (Å²) in [5, 5.41) is 11.5. The summed E-state index contributed by atoms with van der Waals surface area (Å²) in [5.41, 5.74) is -0.362. The number of aromatic nitrogens is 2. The molecule has 1 aromatic heterocycles. The van der Waals surface area contributed by atoms with Crippen LogP contribution in [0.25, 0.3) is 0 Å². The Kier molecular flexibility index (Phi) is 5.11.